The summed E-state index contributed by atoms with van der Waals surface area (Å²) in [5.74, 6) is -1.38. The van der Waals surface area contributed by atoms with Gasteiger partial charge >= 0.3 is 5.97 Å². The van der Waals surface area contributed by atoms with Crippen molar-refractivity contribution in [2.45, 2.75) is 45.8 Å². The summed E-state index contributed by atoms with van der Waals surface area (Å²) in [4.78, 5) is 32.3. The maximum absolute atomic E-state index is 12.5. The van der Waals surface area contributed by atoms with Crippen LogP contribution in [0.3, 0.4) is 0 Å². The number of nitrogens with zero attached hydrogens (tertiary/aromatic N) is 2. The number of aromatic amines is 1. The molecule has 1 aromatic heterocycles. The van der Waals surface area contributed by atoms with Gasteiger partial charge in [-0.25, -0.2) is 9.78 Å². The number of amides is 1. The zero-order valence-electron chi connectivity index (χ0n) is 11.9. The fraction of sp³-hybridized carbons (Fsp3) is 0.615. The van der Waals surface area contributed by atoms with Crippen molar-refractivity contribution in [2.24, 2.45) is 11.1 Å². The number of aromatic nitrogens is 2. The molecular formula is C13H20N4O3. The van der Waals surface area contributed by atoms with Crippen molar-refractivity contribution in [1.82, 2.24) is 14.9 Å². The van der Waals surface area contributed by atoms with Crippen molar-refractivity contribution < 1.29 is 14.7 Å². The predicted octanol–water partition coefficient (Wildman–Crippen LogP) is 0.121. The number of carbonyl (C=O) groups excluding carboxylic acids is 1. The summed E-state index contributed by atoms with van der Waals surface area (Å²) >= 11 is 0. The summed E-state index contributed by atoms with van der Waals surface area (Å²) in [7, 11) is 0. The zero-order valence-corrected chi connectivity index (χ0v) is 11.9. The van der Waals surface area contributed by atoms with Gasteiger partial charge in [0, 0.05) is 6.42 Å². The van der Waals surface area contributed by atoms with Crippen LogP contribution in [0.15, 0.2) is 6.33 Å². The van der Waals surface area contributed by atoms with Crippen LogP contribution in [0, 0.1) is 5.41 Å². The van der Waals surface area contributed by atoms with Gasteiger partial charge in [0.25, 0.3) is 0 Å². The number of nitrogens with two attached hydrogens (primary N) is 1. The van der Waals surface area contributed by atoms with Crippen LogP contribution in [0.2, 0.25) is 0 Å². The lowest BCUT2D eigenvalue weighted by atomic mass is 9.85. The predicted molar refractivity (Wildman–Crippen MR) is 71.7 cm³/mol. The van der Waals surface area contributed by atoms with E-state index in [0.29, 0.717) is 5.69 Å². The molecule has 0 saturated heterocycles. The first kappa shape index (κ1) is 14.5. The third-order valence-corrected chi connectivity index (χ3v) is 3.67. The molecule has 0 aliphatic carbocycles. The van der Waals surface area contributed by atoms with Crippen LogP contribution < -0.4 is 5.73 Å². The van der Waals surface area contributed by atoms with Gasteiger partial charge in [0.2, 0.25) is 5.91 Å². The van der Waals surface area contributed by atoms with Crippen LogP contribution >= 0.6 is 0 Å². The number of nitrogens with one attached hydrogen (secondary N) is 1. The van der Waals surface area contributed by atoms with Crippen LogP contribution in [0.25, 0.3) is 0 Å². The fourth-order valence-corrected chi connectivity index (χ4v) is 2.24. The average Bonchev–Trinajstić information content (AvgIpc) is 2.81. The Morgan fingerprint density at radius 3 is 2.75 bits per heavy atom. The number of carboxylic acid groups (broad SMARTS) is 1. The molecule has 0 aromatic carbocycles. The highest BCUT2D eigenvalue weighted by Crippen LogP contribution is 2.25. The van der Waals surface area contributed by atoms with Crippen LogP contribution in [-0.4, -0.2) is 43.9 Å². The Morgan fingerprint density at radius 2 is 2.20 bits per heavy atom. The van der Waals surface area contributed by atoms with Gasteiger partial charge in [-0.2, -0.15) is 0 Å². The molecule has 1 aliphatic heterocycles. The van der Waals surface area contributed by atoms with Crippen LogP contribution in [0.1, 0.15) is 32.2 Å². The van der Waals surface area contributed by atoms with Gasteiger partial charge in [-0.15, -0.1) is 0 Å². The molecule has 2 rings (SSSR count). The Bertz CT molecular complexity index is 532. The van der Waals surface area contributed by atoms with Gasteiger partial charge < -0.3 is 20.7 Å². The summed E-state index contributed by atoms with van der Waals surface area (Å²) in [6.07, 6.45) is 1.72. The third kappa shape index (κ3) is 2.53. The van der Waals surface area contributed by atoms with Crippen LogP contribution in [-0.2, 0) is 22.6 Å². The van der Waals surface area contributed by atoms with Gasteiger partial charge in [-0.05, 0) is 5.41 Å². The smallest absolute Gasteiger partial charge is 0.326 e. The number of hydrogen-bond acceptors (Lipinski definition) is 4. The average molecular weight is 280 g/mol. The molecule has 2 heterocycles. The van der Waals surface area contributed by atoms with Gasteiger partial charge in [-0.1, -0.05) is 20.8 Å². The summed E-state index contributed by atoms with van der Waals surface area (Å²) < 4.78 is 0. The number of imidazole rings is 1. The molecule has 2 atom stereocenters. The lowest BCUT2D eigenvalue weighted by molar-refractivity contribution is -0.153. The summed E-state index contributed by atoms with van der Waals surface area (Å²) in [5, 5.41) is 9.33. The Hall–Kier alpha value is -1.89. The largest absolute Gasteiger partial charge is 0.480 e. The van der Waals surface area contributed by atoms with Crippen molar-refractivity contribution in [3.05, 3.63) is 17.7 Å². The molecule has 1 aliphatic rings. The highest BCUT2D eigenvalue weighted by Gasteiger charge is 2.40. The molecule has 110 valence electrons. The molecule has 1 aromatic rings. The molecule has 1 amide bonds. The summed E-state index contributed by atoms with van der Waals surface area (Å²) in [6.45, 7) is 5.78. The second-order valence-corrected chi connectivity index (χ2v) is 6.20. The second kappa shape index (κ2) is 4.90. The molecule has 0 radical (unpaired) electrons. The minimum absolute atomic E-state index is 0.203. The number of carboxylic acids is 1. The van der Waals surface area contributed by atoms with Gasteiger partial charge in [0.05, 0.1) is 30.3 Å². The molecule has 0 fully saturated rings. The molecule has 20 heavy (non-hydrogen) atoms. The number of rotatable bonds is 2. The van der Waals surface area contributed by atoms with Crippen molar-refractivity contribution in [2.75, 3.05) is 0 Å². The minimum Gasteiger partial charge on any atom is -0.480 e. The topological polar surface area (TPSA) is 112 Å². The van der Waals surface area contributed by atoms with Gasteiger partial charge in [-0.3, -0.25) is 4.79 Å². The third-order valence-electron chi connectivity index (χ3n) is 3.67. The lowest BCUT2D eigenvalue weighted by Crippen LogP contribution is -2.57. The maximum Gasteiger partial charge on any atom is 0.326 e. The Morgan fingerprint density at radius 1 is 1.55 bits per heavy atom. The maximum atomic E-state index is 12.5. The first-order valence-electron chi connectivity index (χ1n) is 6.52. The van der Waals surface area contributed by atoms with Gasteiger partial charge in [0.15, 0.2) is 0 Å². The van der Waals surface area contributed by atoms with E-state index in [4.69, 9.17) is 5.73 Å². The Kier molecular flexibility index (Phi) is 3.56. The highest BCUT2D eigenvalue weighted by atomic mass is 16.4. The van der Waals surface area contributed by atoms with Crippen molar-refractivity contribution >= 4 is 11.9 Å². The number of hydrogen-bond donors (Lipinski definition) is 3. The first-order chi connectivity index (χ1) is 9.21. The molecule has 7 heteroatoms. The first-order valence-corrected chi connectivity index (χ1v) is 6.52. The van der Waals surface area contributed by atoms with Crippen molar-refractivity contribution in [3.8, 4) is 0 Å². The number of carbonyl (C=O) groups is 2. The van der Waals surface area contributed by atoms with E-state index in [2.05, 4.69) is 9.97 Å². The molecule has 0 saturated carbocycles. The van der Waals surface area contributed by atoms with Gasteiger partial charge in [0.1, 0.15) is 6.04 Å². The van der Waals surface area contributed by atoms with E-state index in [1.807, 2.05) is 20.8 Å². The fourth-order valence-electron chi connectivity index (χ4n) is 2.24. The quantitative estimate of drug-likeness (QED) is 0.712. The summed E-state index contributed by atoms with van der Waals surface area (Å²) in [6, 6.07) is -1.65. The number of fused-ring (bicyclic) bond motifs is 1. The standard InChI is InChI=1S/C13H20N4O3/c1-13(2,3)10(14)11(18)17-5-8-7(15-6-16-8)4-9(17)12(19)20/h6,9-10H,4-5,14H2,1-3H3,(H,15,16)(H,19,20)/t9?,10-/m1/s1. The van der Waals surface area contributed by atoms with E-state index in [-0.39, 0.29) is 18.9 Å². The van der Waals surface area contributed by atoms with Crippen LogP contribution in [0.5, 0.6) is 0 Å². The zero-order chi connectivity index (χ0) is 15.1. The molecule has 7 nitrogen and oxygen atoms in total. The minimum atomic E-state index is -1.03. The van der Waals surface area contributed by atoms with Crippen LogP contribution in [0.4, 0.5) is 0 Å². The molecular weight excluding hydrogens is 260 g/mol. The molecule has 0 bridgehead atoms. The van der Waals surface area contributed by atoms with E-state index in [1.54, 1.807) is 0 Å². The molecule has 4 N–H and O–H groups in total. The van der Waals surface area contributed by atoms with E-state index in [0.717, 1.165) is 5.69 Å². The van der Waals surface area contributed by atoms with E-state index < -0.39 is 23.5 Å². The summed E-state index contributed by atoms with van der Waals surface area (Å²) in [5.41, 5.74) is 7.03. The van der Waals surface area contributed by atoms with Crippen molar-refractivity contribution in [1.29, 1.82) is 0 Å². The highest BCUT2D eigenvalue weighted by molar-refractivity contribution is 5.88. The SMILES string of the molecule is CC(C)(C)[C@H](N)C(=O)N1Cc2[nH]cnc2CC1C(=O)O. The van der Waals surface area contributed by atoms with E-state index >= 15 is 0 Å². The van der Waals surface area contributed by atoms with E-state index in [9.17, 15) is 14.7 Å². The second-order valence-electron chi connectivity index (χ2n) is 6.20. The normalized spacial score (nSPS) is 20.4. The Balaban J connectivity index is 2.29. The van der Waals surface area contributed by atoms with Crippen molar-refractivity contribution in [3.63, 3.8) is 0 Å². The number of aliphatic carboxylic acids is 1. The molecule has 1 unspecified atom stereocenters. The monoisotopic (exact) mass is 280 g/mol. The Labute approximate surface area is 117 Å². The molecule has 0 spiro atoms. The number of H-pyrrole nitrogens is 1. The lowest BCUT2D eigenvalue weighted by Gasteiger charge is -2.37. The van der Waals surface area contributed by atoms with E-state index in [1.165, 1.54) is 11.2 Å².